The second-order valence-electron chi connectivity index (χ2n) is 4.07. The molecule has 0 N–H and O–H groups in total. The molecule has 0 aliphatic heterocycles. The maximum Gasteiger partial charge on any atom is 0.133 e. The first-order valence-electron chi connectivity index (χ1n) is 4.68. The Labute approximate surface area is 88.4 Å². The average Bonchev–Trinajstić information content (AvgIpc) is 1.97. The topological polar surface area (TPSA) is 17.1 Å². The summed E-state index contributed by atoms with van der Waals surface area (Å²) in [7, 11) is 0. The summed E-state index contributed by atoms with van der Waals surface area (Å²) in [6, 6.07) is 0. The van der Waals surface area contributed by atoms with E-state index in [-0.39, 0.29) is 0 Å². The molecule has 1 fully saturated rings. The Morgan fingerprint density at radius 1 is 1.33 bits per heavy atom. The van der Waals surface area contributed by atoms with Gasteiger partial charge >= 0.3 is 0 Å². The van der Waals surface area contributed by atoms with Gasteiger partial charge in [0, 0.05) is 9.84 Å². The van der Waals surface area contributed by atoms with Crippen molar-refractivity contribution in [3.8, 4) is 0 Å². The summed E-state index contributed by atoms with van der Waals surface area (Å²) in [4.78, 5) is 11.4. The van der Waals surface area contributed by atoms with Crippen LogP contribution in [0.15, 0.2) is 0 Å². The van der Waals surface area contributed by atoms with Gasteiger partial charge in [-0.3, -0.25) is 4.79 Å². The highest BCUT2D eigenvalue weighted by molar-refractivity contribution is 14.1. The fraction of sp³-hybridized carbons (Fsp3) is 0.900. The van der Waals surface area contributed by atoms with Crippen LogP contribution in [0.4, 0.5) is 0 Å². The van der Waals surface area contributed by atoms with Crippen LogP contribution < -0.4 is 0 Å². The molecule has 1 aliphatic carbocycles. The summed E-state index contributed by atoms with van der Waals surface area (Å²) in [5.41, 5.74) is 0. The number of Topliss-reactive ketones (excluding diaryl/α,β-unsaturated/α-hetero) is 1. The molecule has 0 saturated heterocycles. The molecular formula is C10H17IO. The molecule has 0 aromatic rings. The van der Waals surface area contributed by atoms with Gasteiger partial charge in [-0.2, -0.15) is 0 Å². The smallest absolute Gasteiger partial charge is 0.133 e. The van der Waals surface area contributed by atoms with E-state index in [1.165, 1.54) is 12.8 Å². The van der Waals surface area contributed by atoms with Gasteiger partial charge in [-0.1, -0.05) is 36.4 Å². The number of halogens is 1. The molecule has 0 radical (unpaired) electrons. The minimum Gasteiger partial charge on any atom is -0.300 e. The monoisotopic (exact) mass is 280 g/mol. The van der Waals surface area contributed by atoms with Gasteiger partial charge in [0.15, 0.2) is 0 Å². The molecule has 12 heavy (non-hydrogen) atoms. The lowest BCUT2D eigenvalue weighted by molar-refractivity contribution is -0.124. The van der Waals surface area contributed by atoms with Crippen LogP contribution in [0.5, 0.6) is 0 Å². The zero-order valence-electron chi connectivity index (χ0n) is 8.01. The van der Waals surface area contributed by atoms with E-state index in [0.717, 1.165) is 0 Å². The van der Waals surface area contributed by atoms with Crippen LogP contribution in [-0.2, 0) is 4.79 Å². The fourth-order valence-corrected chi connectivity index (χ4v) is 3.19. The minimum absolute atomic E-state index is 0.320. The van der Waals surface area contributed by atoms with E-state index in [1.807, 2.05) is 0 Å². The Morgan fingerprint density at radius 3 is 2.33 bits per heavy atom. The lowest BCUT2D eigenvalue weighted by Crippen LogP contribution is -2.36. The summed E-state index contributed by atoms with van der Waals surface area (Å²) in [5.74, 6) is 1.88. The van der Waals surface area contributed by atoms with E-state index in [1.54, 1.807) is 6.92 Å². The molecule has 1 rings (SSSR count). The molecule has 1 saturated carbocycles. The van der Waals surface area contributed by atoms with Crippen molar-refractivity contribution < 1.29 is 4.79 Å². The maximum atomic E-state index is 11.4. The van der Waals surface area contributed by atoms with Crippen molar-refractivity contribution in [2.75, 3.05) is 0 Å². The summed E-state index contributed by atoms with van der Waals surface area (Å²) in [6.07, 6.45) is 2.51. The van der Waals surface area contributed by atoms with Gasteiger partial charge in [0.25, 0.3) is 0 Å². The fourth-order valence-electron chi connectivity index (χ4n) is 2.38. The molecule has 0 aromatic heterocycles. The van der Waals surface area contributed by atoms with Crippen LogP contribution in [0.1, 0.15) is 33.6 Å². The highest BCUT2D eigenvalue weighted by Crippen LogP contribution is 2.38. The second kappa shape index (κ2) is 4.07. The molecule has 1 nitrogen and oxygen atoms in total. The molecule has 1 aliphatic rings. The molecule has 4 atom stereocenters. The molecule has 0 spiro atoms. The highest BCUT2D eigenvalue weighted by Gasteiger charge is 2.35. The van der Waals surface area contributed by atoms with Crippen LogP contribution in [-0.4, -0.2) is 9.71 Å². The molecule has 0 heterocycles. The molecule has 70 valence electrons. The van der Waals surface area contributed by atoms with Crippen LogP contribution in [0.2, 0.25) is 0 Å². The van der Waals surface area contributed by atoms with E-state index >= 15 is 0 Å². The number of alkyl halides is 1. The van der Waals surface area contributed by atoms with Crippen molar-refractivity contribution >= 4 is 28.4 Å². The first-order valence-corrected chi connectivity index (χ1v) is 5.93. The Bertz CT molecular complexity index is 179. The third-order valence-electron chi connectivity index (χ3n) is 3.12. The van der Waals surface area contributed by atoms with Crippen molar-refractivity contribution in [2.45, 2.75) is 37.5 Å². The number of hydrogen-bond donors (Lipinski definition) is 0. The Kier molecular flexibility index (Phi) is 3.56. The first-order chi connectivity index (χ1) is 5.54. The van der Waals surface area contributed by atoms with Crippen molar-refractivity contribution in [3.63, 3.8) is 0 Å². The second-order valence-corrected chi connectivity index (χ2v) is 5.67. The normalized spacial score (nSPS) is 42.7. The third-order valence-corrected chi connectivity index (χ3v) is 4.87. The lowest BCUT2D eigenvalue weighted by Gasteiger charge is -2.36. The first kappa shape index (κ1) is 10.5. The predicted molar refractivity (Wildman–Crippen MR) is 59.5 cm³/mol. The number of rotatable bonds is 1. The van der Waals surface area contributed by atoms with Crippen LogP contribution >= 0.6 is 22.6 Å². The molecule has 0 aromatic carbocycles. The Balaban J connectivity index is 2.71. The van der Waals surface area contributed by atoms with E-state index in [0.29, 0.717) is 27.5 Å². The molecule has 0 bridgehead atoms. The number of carbonyl (C=O) groups excluding carboxylic acids is 1. The third kappa shape index (κ3) is 2.01. The van der Waals surface area contributed by atoms with E-state index in [4.69, 9.17) is 0 Å². The lowest BCUT2D eigenvalue weighted by atomic mass is 9.72. The molecule has 2 unspecified atom stereocenters. The number of hydrogen-bond acceptors (Lipinski definition) is 1. The highest BCUT2D eigenvalue weighted by atomic mass is 127. The van der Waals surface area contributed by atoms with E-state index in [9.17, 15) is 4.79 Å². The van der Waals surface area contributed by atoms with E-state index in [2.05, 4.69) is 36.4 Å². The zero-order chi connectivity index (χ0) is 9.30. The van der Waals surface area contributed by atoms with Crippen molar-refractivity contribution in [1.82, 2.24) is 0 Å². The standard InChI is InChI=1S/C10H17IO/c1-6-4-5-9(11)7(2)10(6)8(3)12/h6-7,9-10H,4-5H2,1-3H3/t6-,7-,9?,10?/m0/s1. The van der Waals surface area contributed by atoms with Crippen molar-refractivity contribution in [3.05, 3.63) is 0 Å². The minimum atomic E-state index is 0.320. The van der Waals surface area contributed by atoms with Gasteiger partial charge in [-0.25, -0.2) is 0 Å². The van der Waals surface area contributed by atoms with Crippen molar-refractivity contribution in [2.24, 2.45) is 17.8 Å². The molecule has 2 heteroatoms. The van der Waals surface area contributed by atoms with E-state index < -0.39 is 0 Å². The number of ketones is 1. The summed E-state index contributed by atoms with van der Waals surface area (Å²) in [5, 5.41) is 0. The van der Waals surface area contributed by atoms with Gasteiger partial charge in [-0.05, 0) is 31.6 Å². The van der Waals surface area contributed by atoms with Gasteiger partial charge in [0.2, 0.25) is 0 Å². The SMILES string of the molecule is CC(=O)C1[C@@H](C)C(I)CC[C@@H]1C. The largest absolute Gasteiger partial charge is 0.300 e. The molecular weight excluding hydrogens is 263 g/mol. The molecule has 0 amide bonds. The van der Waals surface area contributed by atoms with Crippen LogP contribution in [0.25, 0.3) is 0 Å². The quantitative estimate of drug-likeness (QED) is 0.533. The Morgan fingerprint density at radius 2 is 1.92 bits per heavy atom. The summed E-state index contributed by atoms with van der Waals surface area (Å²) in [6.45, 7) is 6.18. The summed E-state index contributed by atoms with van der Waals surface area (Å²) >= 11 is 2.49. The Hall–Kier alpha value is 0.400. The van der Waals surface area contributed by atoms with Gasteiger partial charge < -0.3 is 0 Å². The van der Waals surface area contributed by atoms with Crippen LogP contribution in [0, 0.1) is 17.8 Å². The predicted octanol–water partition coefficient (Wildman–Crippen LogP) is 3.06. The van der Waals surface area contributed by atoms with Gasteiger partial charge in [-0.15, -0.1) is 0 Å². The average molecular weight is 280 g/mol. The van der Waals surface area contributed by atoms with Crippen LogP contribution in [0.3, 0.4) is 0 Å². The van der Waals surface area contributed by atoms with Gasteiger partial charge in [0.1, 0.15) is 5.78 Å². The summed E-state index contributed by atoms with van der Waals surface area (Å²) < 4.78 is 0.702. The van der Waals surface area contributed by atoms with Gasteiger partial charge in [0.05, 0.1) is 0 Å². The zero-order valence-corrected chi connectivity index (χ0v) is 10.2. The number of carbonyl (C=O) groups is 1. The van der Waals surface area contributed by atoms with Crippen molar-refractivity contribution in [1.29, 1.82) is 0 Å². The maximum absolute atomic E-state index is 11.4.